The molecule has 0 spiro atoms. The van der Waals surface area contributed by atoms with Gasteiger partial charge in [-0.25, -0.2) is 8.78 Å². The van der Waals surface area contributed by atoms with Gasteiger partial charge in [-0.2, -0.15) is 0 Å². The molecule has 1 aliphatic heterocycles. The molecule has 2 atom stereocenters. The van der Waals surface area contributed by atoms with Gasteiger partial charge >= 0.3 is 5.97 Å². The van der Waals surface area contributed by atoms with E-state index in [0.29, 0.717) is 6.54 Å². The summed E-state index contributed by atoms with van der Waals surface area (Å²) in [6.07, 6.45) is -2.00. The molecule has 1 heterocycles. The molecule has 1 aromatic rings. The van der Waals surface area contributed by atoms with Crippen molar-refractivity contribution in [3.8, 4) is 0 Å². The topological polar surface area (TPSA) is 49.8 Å². The minimum absolute atomic E-state index is 0.0600. The molecule has 21 heavy (non-hydrogen) atoms. The van der Waals surface area contributed by atoms with Gasteiger partial charge in [0.25, 0.3) is 5.92 Å². The fourth-order valence-electron chi connectivity index (χ4n) is 2.54. The van der Waals surface area contributed by atoms with E-state index in [1.54, 1.807) is 6.92 Å². The van der Waals surface area contributed by atoms with E-state index in [4.69, 9.17) is 4.74 Å². The molecule has 1 aromatic carbocycles. The van der Waals surface area contributed by atoms with Gasteiger partial charge in [-0.1, -0.05) is 30.3 Å². The Morgan fingerprint density at radius 1 is 1.43 bits per heavy atom. The summed E-state index contributed by atoms with van der Waals surface area (Å²) in [5, 5.41) is 9.70. The maximum Gasteiger partial charge on any atom is 0.313 e. The second kappa shape index (κ2) is 6.49. The number of aliphatic hydroxyl groups is 1. The van der Waals surface area contributed by atoms with Crippen LogP contribution in [-0.2, 0) is 16.1 Å². The summed E-state index contributed by atoms with van der Waals surface area (Å²) in [7, 11) is 0. The van der Waals surface area contributed by atoms with E-state index in [9.17, 15) is 18.7 Å². The lowest BCUT2D eigenvalue weighted by atomic mass is 9.91. The van der Waals surface area contributed by atoms with E-state index >= 15 is 0 Å². The van der Waals surface area contributed by atoms with Crippen LogP contribution in [0.25, 0.3) is 0 Å². The standard InChI is InChI=1S/C15H19F2NO3/c1-2-21-14(20)12-9-18(10-15(16,17)13(12)19)8-11-6-4-3-5-7-11/h3-7,12-13,19H,2,8-10H2,1H3/t12-,13-/m1/s1. The molecule has 0 bridgehead atoms. The monoisotopic (exact) mass is 299 g/mol. The van der Waals surface area contributed by atoms with Gasteiger partial charge in [0, 0.05) is 13.1 Å². The van der Waals surface area contributed by atoms with Crippen LogP contribution in [0.5, 0.6) is 0 Å². The number of hydrogen-bond acceptors (Lipinski definition) is 4. The van der Waals surface area contributed by atoms with Crippen LogP contribution >= 0.6 is 0 Å². The molecule has 1 aliphatic rings. The first-order valence-electron chi connectivity index (χ1n) is 6.93. The zero-order valence-electron chi connectivity index (χ0n) is 11.8. The maximum absolute atomic E-state index is 13.9. The summed E-state index contributed by atoms with van der Waals surface area (Å²) in [6, 6.07) is 9.18. The second-order valence-electron chi connectivity index (χ2n) is 5.22. The Kier molecular flexibility index (Phi) is 4.90. The van der Waals surface area contributed by atoms with Gasteiger partial charge in [0.2, 0.25) is 0 Å². The van der Waals surface area contributed by atoms with Gasteiger partial charge < -0.3 is 9.84 Å². The lowest BCUT2D eigenvalue weighted by Gasteiger charge is -2.40. The van der Waals surface area contributed by atoms with E-state index < -0.39 is 30.5 Å². The molecule has 0 saturated carbocycles. The van der Waals surface area contributed by atoms with E-state index in [-0.39, 0.29) is 13.2 Å². The van der Waals surface area contributed by atoms with Crippen LogP contribution in [0.4, 0.5) is 8.78 Å². The molecule has 4 nitrogen and oxygen atoms in total. The largest absolute Gasteiger partial charge is 0.466 e. The van der Waals surface area contributed by atoms with Gasteiger partial charge in [0.05, 0.1) is 13.2 Å². The average Bonchev–Trinajstić information content (AvgIpc) is 2.43. The summed E-state index contributed by atoms with van der Waals surface area (Å²) in [4.78, 5) is 13.2. The molecular formula is C15H19F2NO3. The number of rotatable bonds is 4. The zero-order valence-corrected chi connectivity index (χ0v) is 11.8. The highest BCUT2D eigenvalue weighted by Crippen LogP contribution is 2.32. The zero-order chi connectivity index (χ0) is 15.5. The van der Waals surface area contributed by atoms with Gasteiger partial charge in [-0.05, 0) is 12.5 Å². The number of halogens is 2. The van der Waals surface area contributed by atoms with Crippen LogP contribution in [0.3, 0.4) is 0 Å². The molecule has 0 unspecified atom stereocenters. The third kappa shape index (κ3) is 3.77. The third-order valence-corrected chi connectivity index (χ3v) is 3.54. The molecule has 2 rings (SSSR count). The SMILES string of the molecule is CCOC(=O)[C@@H]1CN(Cc2ccccc2)CC(F)(F)[C@@H]1O. The molecule has 0 radical (unpaired) electrons. The average molecular weight is 299 g/mol. The van der Waals surface area contributed by atoms with Crippen molar-refractivity contribution in [2.45, 2.75) is 25.5 Å². The smallest absolute Gasteiger partial charge is 0.313 e. The number of nitrogens with zero attached hydrogens (tertiary/aromatic N) is 1. The van der Waals surface area contributed by atoms with Crippen LogP contribution in [0.1, 0.15) is 12.5 Å². The molecule has 0 amide bonds. The van der Waals surface area contributed by atoms with Gasteiger partial charge in [-0.15, -0.1) is 0 Å². The molecule has 1 saturated heterocycles. The Morgan fingerprint density at radius 3 is 2.71 bits per heavy atom. The minimum Gasteiger partial charge on any atom is -0.466 e. The molecular weight excluding hydrogens is 280 g/mol. The van der Waals surface area contributed by atoms with E-state index in [1.807, 2.05) is 30.3 Å². The molecule has 0 aromatic heterocycles. The fourth-order valence-corrected chi connectivity index (χ4v) is 2.54. The molecule has 6 heteroatoms. The minimum atomic E-state index is -3.33. The quantitative estimate of drug-likeness (QED) is 0.859. The number of benzene rings is 1. The number of carbonyl (C=O) groups is 1. The summed E-state index contributed by atoms with van der Waals surface area (Å²) < 4.78 is 32.6. The van der Waals surface area contributed by atoms with Crippen molar-refractivity contribution in [3.63, 3.8) is 0 Å². The number of alkyl halides is 2. The lowest BCUT2D eigenvalue weighted by molar-refractivity contribution is -0.194. The normalized spacial score (nSPS) is 25.5. The van der Waals surface area contributed by atoms with Crippen molar-refractivity contribution < 1.29 is 23.4 Å². The third-order valence-electron chi connectivity index (χ3n) is 3.54. The van der Waals surface area contributed by atoms with Crippen LogP contribution in [-0.4, -0.2) is 47.7 Å². The Bertz CT molecular complexity index is 481. The maximum atomic E-state index is 13.9. The van der Waals surface area contributed by atoms with Crippen molar-refractivity contribution in [2.24, 2.45) is 5.92 Å². The number of carbonyl (C=O) groups excluding carboxylic acids is 1. The molecule has 1 N–H and O–H groups in total. The first kappa shape index (κ1) is 15.9. The Hall–Kier alpha value is -1.53. The van der Waals surface area contributed by atoms with Gasteiger partial charge in [-0.3, -0.25) is 9.69 Å². The highest BCUT2D eigenvalue weighted by molar-refractivity contribution is 5.73. The summed E-state index contributed by atoms with van der Waals surface area (Å²) in [5.41, 5.74) is 0.882. The number of likely N-dealkylation sites (tertiary alicyclic amines) is 1. The second-order valence-corrected chi connectivity index (χ2v) is 5.22. The number of piperidine rings is 1. The summed E-state index contributed by atoms with van der Waals surface area (Å²) in [5.74, 6) is -5.33. The van der Waals surface area contributed by atoms with Crippen LogP contribution in [0.15, 0.2) is 30.3 Å². The van der Waals surface area contributed by atoms with Crippen molar-refractivity contribution >= 4 is 5.97 Å². The first-order valence-corrected chi connectivity index (χ1v) is 6.93. The van der Waals surface area contributed by atoms with Gasteiger partial charge in [0.1, 0.15) is 12.0 Å². The highest BCUT2D eigenvalue weighted by atomic mass is 19.3. The Labute approximate surface area is 122 Å². The fraction of sp³-hybridized carbons (Fsp3) is 0.533. The Balaban J connectivity index is 2.11. The van der Waals surface area contributed by atoms with E-state index in [0.717, 1.165) is 5.56 Å². The van der Waals surface area contributed by atoms with Crippen LogP contribution in [0, 0.1) is 5.92 Å². The first-order chi connectivity index (χ1) is 9.94. The van der Waals surface area contributed by atoms with Crippen molar-refractivity contribution in [1.82, 2.24) is 4.90 Å². The number of hydrogen-bond donors (Lipinski definition) is 1. The van der Waals surface area contributed by atoms with E-state index in [2.05, 4.69) is 0 Å². The van der Waals surface area contributed by atoms with Crippen LogP contribution in [0.2, 0.25) is 0 Å². The summed E-state index contributed by atoms with van der Waals surface area (Å²) >= 11 is 0. The van der Waals surface area contributed by atoms with Gasteiger partial charge in [0.15, 0.2) is 0 Å². The molecule has 116 valence electrons. The highest BCUT2D eigenvalue weighted by Gasteiger charge is 2.52. The number of esters is 1. The van der Waals surface area contributed by atoms with Crippen molar-refractivity contribution in [2.75, 3.05) is 19.7 Å². The summed E-state index contributed by atoms with van der Waals surface area (Å²) in [6.45, 7) is 1.50. The number of aliphatic hydroxyl groups excluding tert-OH is 1. The Morgan fingerprint density at radius 2 is 2.10 bits per heavy atom. The van der Waals surface area contributed by atoms with Crippen molar-refractivity contribution in [1.29, 1.82) is 0 Å². The predicted octanol–water partition coefficient (Wildman–Crippen LogP) is 1.68. The van der Waals surface area contributed by atoms with E-state index in [1.165, 1.54) is 4.90 Å². The molecule has 0 aliphatic carbocycles. The van der Waals surface area contributed by atoms with Crippen molar-refractivity contribution in [3.05, 3.63) is 35.9 Å². The number of ether oxygens (including phenoxy) is 1. The molecule has 1 fully saturated rings. The lowest BCUT2D eigenvalue weighted by Crippen LogP contribution is -2.58. The predicted molar refractivity (Wildman–Crippen MR) is 72.8 cm³/mol. The van der Waals surface area contributed by atoms with Crippen LogP contribution < -0.4 is 0 Å².